The summed E-state index contributed by atoms with van der Waals surface area (Å²) in [7, 11) is 0. The molecular formula is C20H22N4O3S2. The van der Waals surface area contributed by atoms with E-state index in [0.717, 1.165) is 22.8 Å². The van der Waals surface area contributed by atoms with Crippen LogP contribution in [0.15, 0.2) is 52.0 Å². The number of nitrogens with one attached hydrogen (secondary N) is 2. The maximum atomic E-state index is 12.6. The van der Waals surface area contributed by atoms with Gasteiger partial charge in [0.1, 0.15) is 11.0 Å². The Balaban J connectivity index is 1.62. The van der Waals surface area contributed by atoms with Gasteiger partial charge in [0.25, 0.3) is 0 Å². The molecule has 0 saturated carbocycles. The maximum absolute atomic E-state index is 12.6. The Morgan fingerprint density at radius 3 is 2.79 bits per heavy atom. The highest BCUT2D eigenvalue weighted by molar-refractivity contribution is 8.15. The van der Waals surface area contributed by atoms with Crippen LogP contribution < -0.4 is 15.4 Å². The van der Waals surface area contributed by atoms with Crippen molar-refractivity contribution in [3.8, 4) is 5.75 Å². The van der Waals surface area contributed by atoms with Crippen molar-refractivity contribution in [1.82, 2.24) is 5.32 Å². The molecule has 0 bridgehead atoms. The van der Waals surface area contributed by atoms with Crippen LogP contribution in [0.2, 0.25) is 0 Å². The number of carbonyl (C=O) groups is 2. The lowest BCUT2D eigenvalue weighted by Crippen LogP contribution is -2.41. The Bertz CT molecular complexity index is 908. The van der Waals surface area contributed by atoms with Crippen molar-refractivity contribution < 1.29 is 14.3 Å². The zero-order chi connectivity index (χ0) is 20.6. The number of hydrogen-bond acceptors (Lipinski definition) is 7. The average Bonchev–Trinajstić information content (AvgIpc) is 3.26. The Labute approximate surface area is 177 Å². The summed E-state index contributed by atoms with van der Waals surface area (Å²) in [6, 6.07) is 11.1. The van der Waals surface area contributed by atoms with E-state index in [1.54, 1.807) is 35.6 Å². The van der Waals surface area contributed by atoms with E-state index < -0.39 is 5.25 Å². The Morgan fingerprint density at radius 1 is 1.31 bits per heavy atom. The molecule has 1 unspecified atom stereocenters. The van der Waals surface area contributed by atoms with Gasteiger partial charge in [-0.15, -0.1) is 16.4 Å². The Morgan fingerprint density at radius 2 is 2.10 bits per heavy atom. The Hall–Kier alpha value is -2.65. The van der Waals surface area contributed by atoms with Gasteiger partial charge in [-0.1, -0.05) is 24.8 Å². The number of thioether (sulfide) groups is 1. The van der Waals surface area contributed by atoms with Crippen molar-refractivity contribution in [3.05, 3.63) is 46.7 Å². The van der Waals surface area contributed by atoms with Crippen molar-refractivity contribution >= 4 is 51.5 Å². The predicted molar refractivity (Wildman–Crippen MR) is 119 cm³/mol. The molecule has 29 heavy (non-hydrogen) atoms. The van der Waals surface area contributed by atoms with Gasteiger partial charge in [0.2, 0.25) is 11.8 Å². The second-order valence-electron chi connectivity index (χ2n) is 6.29. The molecule has 0 aliphatic carbocycles. The molecule has 1 aliphatic rings. The molecule has 1 fully saturated rings. The van der Waals surface area contributed by atoms with E-state index in [9.17, 15) is 9.59 Å². The van der Waals surface area contributed by atoms with Crippen molar-refractivity contribution in [2.24, 2.45) is 10.2 Å². The van der Waals surface area contributed by atoms with Crippen LogP contribution in [-0.2, 0) is 9.59 Å². The highest BCUT2D eigenvalue weighted by Crippen LogP contribution is 2.23. The molecule has 7 nitrogen and oxygen atoms in total. The molecule has 1 aromatic carbocycles. The van der Waals surface area contributed by atoms with E-state index in [4.69, 9.17) is 4.74 Å². The summed E-state index contributed by atoms with van der Waals surface area (Å²) in [5, 5.41) is 15.5. The molecule has 0 spiro atoms. The van der Waals surface area contributed by atoms with Gasteiger partial charge in [0.05, 0.1) is 17.2 Å². The van der Waals surface area contributed by atoms with E-state index in [2.05, 4.69) is 20.8 Å². The van der Waals surface area contributed by atoms with Crippen LogP contribution >= 0.6 is 23.1 Å². The highest BCUT2D eigenvalue weighted by Gasteiger charge is 2.30. The topological polar surface area (TPSA) is 92.1 Å². The number of benzene rings is 1. The first-order valence-corrected chi connectivity index (χ1v) is 11.0. The van der Waals surface area contributed by atoms with Crippen LogP contribution in [0.5, 0.6) is 5.75 Å². The van der Waals surface area contributed by atoms with Crippen LogP contribution in [-0.4, -0.2) is 34.6 Å². The van der Waals surface area contributed by atoms with Crippen molar-refractivity contribution in [1.29, 1.82) is 0 Å². The number of amidine groups is 1. The quantitative estimate of drug-likeness (QED) is 0.515. The highest BCUT2D eigenvalue weighted by atomic mass is 32.2. The molecule has 1 saturated heterocycles. The summed E-state index contributed by atoms with van der Waals surface area (Å²) < 4.78 is 5.54. The number of nitrogens with zero attached hydrogens (tertiary/aromatic N) is 2. The number of amides is 2. The first kappa shape index (κ1) is 21.1. The lowest BCUT2D eigenvalue weighted by molar-refractivity contribution is -0.123. The molecule has 9 heteroatoms. The van der Waals surface area contributed by atoms with Crippen molar-refractivity contribution in [2.45, 2.75) is 31.9 Å². The Kier molecular flexibility index (Phi) is 7.42. The van der Waals surface area contributed by atoms with E-state index in [1.807, 2.05) is 31.4 Å². The molecule has 2 amide bonds. The maximum Gasteiger partial charge on any atom is 0.238 e. The molecule has 1 atom stereocenters. The largest absolute Gasteiger partial charge is 0.494 e. The van der Waals surface area contributed by atoms with Crippen molar-refractivity contribution in [2.75, 3.05) is 11.9 Å². The van der Waals surface area contributed by atoms with E-state index in [0.29, 0.717) is 17.5 Å². The van der Waals surface area contributed by atoms with Gasteiger partial charge in [-0.25, -0.2) is 0 Å². The molecule has 152 valence electrons. The summed E-state index contributed by atoms with van der Waals surface area (Å²) in [6.45, 7) is 4.54. The molecule has 1 aromatic heterocycles. The second kappa shape index (κ2) is 10.2. The third-order valence-electron chi connectivity index (χ3n) is 3.93. The lowest BCUT2D eigenvalue weighted by atomic mass is 10.2. The molecule has 1 aliphatic heterocycles. The van der Waals surface area contributed by atoms with Crippen LogP contribution in [0, 0.1) is 0 Å². The zero-order valence-electron chi connectivity index (χ0n) is 16.2. The minimum absolute atomic E-state index is 0.0842. The fourth-order valence-electron chi connectivity index (χ4n) is 2.47. The molecule has 3 rings (SSSR count). The van der Waals surface area contributed by atoms with Crippen LogP contribution in [0.25, 0.3) is 0 Å². The zero-order valence-corrected chi connectivity index (χ0v) is 17.8. The van der Waals surface area contributed by atoms with Gasteiger partial charge < -0.3 is 15.4 Å². The van der Waals surface area contributed by atoms with E-state index in [-0.39, 0.29) is 18.2 Å². The van der Waals surface area contributed by atoms with Gasteiger partial charge in [-0.3, -0.25) is 9.59 Å². The standard InChI is InChI=1S/C20H22N4O3S2/c1-3-10-27-15-8-6-14(7-9-15)21-19(26)17-12-18(25)22-20(29-17)24-23-13(2)16-5-4-11-28-16/h4-9,11,17H,3,10,12H2,1-2H3,(H,21,26)(H,22,24,25)/b23-13-. The lowest BCUT2D eigenvalue weighted by Gasteiger charge is -2.21. The summed E-state index contributed by atoms with van der Waals surface area (Å²) in [5.74, 6) is 0.248. The summed E-state index contributed by atoms with van der Waals surface area (Å²) >= 11 is 2.76. The fourth-order valence-corrected chi connectivity index (χ4v) is 4.07. The number of thiophene rings is 1. The molecule has 2 aromatic rings. The SMILES string of the molecule is CCCOc1ccc(NC(=O)C2CC(=O)N/C(=N/N=C(/C)c3cccs3)S2)cc1. The third kappa shape index (κ3) is 6.16. The number of rotatable bonds is 7. The van der Waals surface area contributed by atoms with E-state index in [1.165, 1.54) is 11.8 Å². The first-order valence-electron chi connectivity index (χ1n) is 9.21. The fraction of sp³-hybridized carbons (Fsp3) is 0.300. The normalized spacial score (nSPS) is 18.4. The van der Waals surface area contributed by atoms with Gasteiger partial charge in [0.15, 0.2) is 5.17 Å². The van der Waals surface area contributed by atoms with Crippen molar-refractivity contribution in [3.63, 3.8) is 0 Å². The third-order valence-corrected chi connectivity index (χ3v) is 5.98. The predicted octanol–water partition coefficient (Wildman–Crippen LogP) is 3.88. The minimum atomic E-state index is -0.573. The van der Waals surface area contributed by atoms with Gasteiger partial charge in [-0.05, 0) is 49.1 Å². The van der Waals surface area contributed by atoms with Gasteiger partial charge in [0, 0.05) is 12.1 Å². The summed E-state index contributed by atoms with van der Waals surface area (Å²) in [4.78, 5) is 25.6. The minimum Gasteiger partial charge on any atom is -0.494 e. The van der Waals surface area contributed by atoms with Crippen LogP contribution in [0.4, 0.5) is 5.69 Å². The number of ether oxygens (including phenoxy) is 1. The van der Waals surface area contributed by atoms with Gasteiger partial charge in [-0.2, -0.15) is 5.10 Å². The summed E-state index contributed by atoms with van der Waals surface area (Å²) in [6.07, 6.45) is 1.01. The van der Waals surface area contributed by atoms with Gasteiger partial charge >= 0.3 is 0 Å². The molecule has 0 radical (unpaired) electrons. The van der Waals surface area contributed by atoms with Crippen LogP contribution in [0.1, 0.15) is 31.6 Å². The number of carbonyl (C=O) groups excluding carboxylic acids is 2. The molecular weight excluding hydrogens is 408 g/mol. The van der Waals surface area contributed by atoms with Crippen LogP contribution in [0.3, 0.4) is 0 Å². The first-order chi connectivity index (χ1) is 14.0. The molecule has 2 heterocycles. The monoisotopic (exact) mass is 430 g/mol. The smallest absolute Gasteiger partial charge is 0.238 e. The number of anilines is 1. The molecule has 2 N–H and O–H groups in total. The second-order valence-corrected chi connectivity index (χ2v) is 8.43. The summed E-state index contributed by atoms with van der Waals surface area (Å²) in [5.41, 5.74) is 1.40. The van der Waals surface area contributed by atoms with E-state index >= 15 is 0 Å². The number of hydrogen-bond donors (Lipinski definition) is 2. The average molecular weight is 431 g/mol.